The predicted molar refractivity (Wildman–Crippen MR) is 66.6 cm³/mol. The molecule has 0 saturated carbocycles. The number of hydrogen-bond acceptors (Lipinski definition) is 5. The number of ether oxygens (including phenoxy) is 1. The van der Waals surface area contributed by atoms with E-state index in [0.717, 1.165) is 5.69 Å². The Labute approximate surface area is 109 Å². The van der Waals surface area contributed by atoms with E-state index < -0.39 is 6.04 Å². The maximum atomic E-state index is 11.9. The van der Waals surface area contributed by atoms with Crippen LogP contribution >= 0.6 is 11.3 Å². The molecule has 1 aromatic rings. The minimum absolute atomic E-state index is 0.247. The summed E-state index contributed by atoms with van der Waals surface area (Å²) in [5.74, 6) is 0. The zero-order valence-corrected chi connectivity index (χ0v) is 10.9. The van der Waals surface area contributed by atoms with Gasteiger partial charge in [-0.05, 0) is 6.92 Å². The molecule has 1 atom stereocenters. The summed E-state index contributed by atoms with van der Waals surface area (Å²) in [5, 5.41) is 5.15. The van der Waals surface area contributed by atoms with Crippen molar-refractivity contribution in [3.63, 3.8) is 0 Å². The Hall–Kier alpha value is -1.47. The number of urea groups is 1. The van der Waals surface area contributed by atoms with Gasteiger partial charge in [0.1, 0.15) is 17.3 Å². The average molecular weight is 269 g/mol. The van der Waals surface area contributed by atoms with E-state index in [-0.39, 0.29) is 6.03 Å². The van der Waals surface area contributed by atoms with E-state index in [4.69, 9.17) is 4.74 Å². The van der Waals surface area contributed by atoms with E-state index in [1.165, 1.54) is 11.3 Å². The first-order valence-electron chi connectivity index (χ1n) is 5.71. The molecule has 6 nitrogen and oxygen atoms in total. The molecular weight excluding hydrogens is 254 g/mol. The number of rotatable bonds is 3. The highest BCUT2D eigenvalue weighted by Crippen LogP contribution is 2.16. The molecule has 0 bridgehead atoms. The standard InChI is InChI=1S/C11H15N3O3S/c1-8-7-18-10(12-8)9(6-15)13-11(16)14-2-4-17-5-3-14/h6-7,9H,2-5H2,1H3,(H,13,16)/t9-/m0/s1. The lowest BCUT2D eigenvalue weighted by atomic mass is 10.3. The van der Waals surface area contributed by atoms with Gasteiger partial charge >= 0.3 is 6.03 Å². The second kappa shape index (κ2) is 5.92. The number of hydrogen-bond donors (Lipinski definition) is 1. The van der Waals surface area contributed by atoms with Crippen molar-refractivity contribution in [3.05, 3.63) is 16.1 Å². The van der Waals surface area contributed by atoms with E-state index in [1.54, 1.807) is 4.90 Å². The maximum absolute atomic E-state index is 11.9. The first-order chi connectivity index (χ1) is 8.70. The highest BCUT2D eigenvalue weighted by Gasteiger charge is 2.22. The summed E-state index contributed by atoms with van der Waals surface area (Å²) in [5.41, 5.74) is 0.850. The number of amides is 2. The summed E-state index contributed by atoms with van der Waals surface area (Å²) < 4.78 is 5.17. The van der Waals surface area contributed by atoms with Crippen molar-refractivity contribution in [2.75, 3.05) is 26.3 Å². The summed E-state index contributed by atoms with van der Waals surface area (Å²) >= 11 is 1.37. The van der Waals surface area contributed by atoms with Crippen LogP contribution in [0.4, 0.5) is 4.79 Å². The predicted octanol–water partition coefficient (Wildman–Crippen LogP) is 0.733. The van der Waals surface area contributed by atoms with Crippen molar-refractivity contribution in [3.8, 4) is 0 Å². The Morgan fingerprint density at radius 3 is 2.89 bits per heavy atom. The Morgan fingerprint density at radius 1 is 1.61 bits per heavy atom. The Morgan fingerprint density at radius 2 is 2.33 bits per heavy atom. The highest BCUT2D eigenvalue weighted by atomic mass is 32.1. The van der Waals surface area contributed by atoms with Crippen molar-refractivity contribution in [1.82, 2.24) is 15.2 Å². The zero-order chi connectivity index (χ0) is 13.0. The van der Waals surface area contributed by atoms with Crippen LogP contribution in [-0.4, -0.2) is 48.5 Å². The normalized spacial score (nSPS) is 17.3. The molecule has 0 aliphatic carbocycles. The van der Waals surface area contributed by atoms with Gasteiger partial charge in [-0.1, -0.05) is 0 Å². The van der Waals surface area contributed by atoms with Crippen LogP contribution in [0.15, 0.2) is 5.38 Å². The van der Waals surface area contributed by atoms with Gasteiger partial charge in [-0.15, -0.1) is 11.3 Å². The quantitative estimate of drug-likeness (QED) is 0.821. The van der Waals surface area contributed by atoms with E-state index >= 15 is 0 Å². The Kier molecular flexibility index (Phi) is 4.27. The largest absolute Gasteiger partial charge is 0.378 e. The van der Waals surface area contributed by atoms with Gasteiger partial charge < -0.3 is 19.7 Å². The van der Waals surface area contributed by atoms with E-state index in [1.807, 2.05) is 12.3 Å². The number of carbonyl (C=O) groups excluding carboxylic acids is 2. The highest BCUT2D eigenvalue weighted by molar-refractivity contribution is 7.09. The van der Waals surface area contributed by atoms with Crippen molar-refractivity contribution in [2.24, 2.45) is 0 Å². The molecule has 7 heteroatoms. The van der Waals surface area contributed by atoms with Crippen LogP contribution in [0.3, 0.4) is 0 Å². The molecule has 1 aliphatic rings. The van der Waals surface area contributed by atoms with Gasteiger partial charge in [0.25, 0.3) is 0 Å². The number of nitrogens with one attached hydrogen (secondary N) is 1. The molecule has 98 valence electrons. The van der Waals surface area contributed by atoms with Gasteiger partial charge in [-0.25, -0.2) is 9.78 Å². The number of aryl methyl sites for hydroxylation is 1. The number of morpholine rings is 1. The van der Waals surface area contributed by atoms with E-state index in [2.05, 4.69) is 10.3 Å². The van der Waals surface area contributed by atoms with E-state index in [9.17, 15) is 9.59 Å². The van der Waals surface area contributed by atoms with Gasteiger partial charge in [0.15, 0.2) is 0 Å². The first-order valence-corrected chi connectivity index (χ1v) is 6.59. The molecule has 1 aliphatic heterocycles. The van der Waals surface area contributed by atoms with Crippen LogP contribution in [0.1, 0.15) is 16.7 Å². The number of carbonyl (C=O) groups is 2. The zero-order valence-electron chi connectivity index (χ0n) is 10.1. The first kappa shape index (κ1) is 13.0. The molecule has 18 heavy (non-hydrogen) atoms. The summed E-state index contributed by atoms with van der Waals surface area (Å²) in [7, 11) is 0. The average Bonchev–Trinajstić information content (AvgIpc) is 2.83. The molecule has 0 spiro atoms. The molecule has 0 aromatic carbocycles. The third-order valence-corrected chi connectivity index (χ3v) is 3.66. The van der Waals surface area contributed by atoms with Gasteiger partial charge in [-0.3, -0.25) is 0 Å². The second-order valence-corrected chi connectivity index (χ2v) is 4.88. The lowest BCUT2D eigenvalue weighted by molar-refractivity contribution is -0.109. The lowest BCUT2D eigenvalue weighted by Gasteiger charge is -2.27. The van der Waals surface area contributed by atoms with Gasteiger partial charge in [-0.2, -0.15) is 0 Å². The van der Waals surface area contributed by atoms with Crippen molar-refractivity contribution < 1.29 is 14.3 Å². The van der Waals surface area contributed by atoms with Crippen molar-refractivity contribution >= 4 is 23.7 Å². The SMILES string of the molecule is Cc1csc([C@H](C=O)NC(=O)N2CCOCC2)n1. The van der Waals surface area contributed by atoms with Crippen LogP contribution in [0.25, 0.3) is 0 Å². The monoisotopic (exact) mass is 269 g/mol. The van der Waals surface area contributed by atoms with Gasteiger partial charge in [0.2, 0.25) is 0 Å². The summed E-state index contributed by atoms with van der Waals surface area (Å²) in [4.78, 5) is 28.8. The molecule has 2 rings (SSSR count). The van der Waals surface area contributed by atoms with Gasteiger partial charge in [0, 0.05) is 24.2 Å². The van der Waals surface area contributed by atoms with Crippen molar-refractivity contribution in [2.45, 2.75) is 13.0 Å². The van der Waals surface area contributed by atoms with Crippen LogP contribution in [-0.2, 0) is 9.53 Å². The van der Waals surface area contributed by atoms with E-state index in [0.29, 0.717) is 37.6 Å². The molecule has 1 fully saturated rings. The lowest BCUT2D eigenvalue weighted by Crippen LogP contribution is -2.47. The molecule has 0 unspecified atom stereocenters. The third-order valence-electron chi connectivity index (χ3n) is 2.62. The molecular formula is C11H15N3O3S. The number of thiazole rings is 1. The summed E-state index contributed by atoms with van der Waals surface area (Å²) in [6.07, 6.45) is 0.705. The molecule has 1 N–H and O–H groups in total. The minimum Gasteiger partial charge on any atom is -0.378 e. The van der Waals surface area contributed by atoms with Crippen molar-refractivity contribution in [1.29, 1.82) is 0 Å². The fourth-order valence-electron chi connectivity index (χ4n) is 1.66. The molecule has 2 heterocycles. The summed E-state index contributed by atoms with van der Waals surface area (Å²) in [6.45, 7) is 4.03. The topological polar surface area (TPSA) is 71.5 Å². The molecule has 0 radical (unpaired) electrons. The van der Waals surface area contributed by atoms with Crippen LogP contribution < -0.4 is 5.32 Å². The minimum atomic E-state index is -0.668. The Bertz CT molecular complexity index is 429. The third kappa shape index (κ3) is 3.05. The van der Waals surface area contributed by atoms with Crippen LogP contribution in [0, 0.1) is 6.92 Å². The smallest absolute Gasteiger partial charge is 0.318 e. The number of aromatic nitrogens is 1. The Balaban J connectivity index is 1.97. The van der Waals surface area contributed by atoms with Gasteiger partial charge in [0.05, 0.1) is 13.2 Å². The maximum Gasteiger partial charge on any atom is 0.318 e. The number of nitrogens with zero attached hydrogens (tertiary/aromatic N) is 2. The molecule has 1 aromatic heterocycles. The fourth-order valence-corrected chi connectivity index (χ4v) is 2.46. The molecule has 2 amide bonds. The van der Waals surface area contributed by atoms with Crippen LogP contribution in [0.2, 0.25) is 0 Å². The fraction of sp³-hybridized carbons (Fsp3) is 0.545. The summed E-state index contributed by atoms with van der Waals surface area (Å²) in [6, 6.07) is -0.915. The molecule has 1 saturated heterocycles. The number of aldehydes is 1. The van der Waals surface area contributed by atoms with Crippen LogP contribution in [0.5, 0.6) is 0 Å². The second-order valence-electron chi connectivity index (χ2n) is 3.99.